The van der Waals surface area contributed by atoms with Crippen LogP contribution in [0.5, 0.6) is 0 Å². The quantitative estimate of drug-likeness (QED) is 0.678. The Balaban J connectivity index is -0.0000000184. The Kier molecular flexibility index (Phi) is 70.5. The molecule has 3 nitrogen and oxygen atoms in total. The molecule has 99 valence electrons. The summed E-state index contributed by atoms with van der Waals surface area (Å²) in [5.74, 6) is 0. The Morgan fingerprint density at radius 2 is 0.467 bits per heavy atom. The lowest BCUT2D eigenvalue weighted by molar-refractivity contribution is 0.714. The summed E-state index contributed by atoms with van der Waals surface area (Å²) in [6.45, 7) is 0. The molecule has 0 aromatic carbocycles. The minimum Gasteiger partial charge on any atom is -0.269 e. The predicted molar refractivity (Wildman–Crippen MR) is 71.3 cm³/mol. The fourth-order valence-corrected chi connectivity index (χ4v) is 0. The third kappa shape index (κ3) is 4590. The van der Waals surface area contributed by atoms with Crippen LogP contribution in [0.1, 0.15) is 0 Å². The summed E-state index contributed by atoms with van der Waals surface area (Å²) in [6.07, 6.45) is 0. The minimum absolute atomic E-state index is 0. The van der Waals surface area contributed by atoms with Crippen molar-refractivity contribution in [3.63, 3.8) is 0 Å². The Bertz CT molecular complexity index is 57.4. The van der Waals surface area contributed by atoms with E-state index < -0.39 is 0 Å². The van der Waals surface area contributed by atoms with E-state index in [2.05, 4.69) is 38.4 Å². The summed E-state index contributed by atoms with van der Waals surface area (Å²) in [5, 5.41) is 0. The molecular weight excluding hydrogens is 267 g/mol. The van der Waals surface area contributed by atoms with Gasteiger partial charge in [0, 0.05) is 38.4 Å². The summed E-state index contributed by atoms with van der Waals surface area (Å²) in [7, 11) is 10.9. The van der Waals surface area contributed by atoms with E-state index in [0.29, 0.717) is 0 Å². The van der Waals surface area contributed by atoms with E-state index in [9.17, 15) is 0 Å². The van der Waals surface area contributed by atoms with E-state index >= 15 is 0 Å². The van der Waals surface area contributed by atoms with Crippen LogP contribution in [0.3, 0.4) is 0 Å². The van der Waals surface area contributed by atoms with Crippen molar-refractivity contribution in [2.75, 3.05) is 42.3 Å². The van der Waals surface area contributed by atoms with Crippen molar-refractivity contribution in [3.8, 4) is 0 Å². The zero-order chi connectivity index (χ0) is 10.7. The van der Waals surface area contributed by atoms with Crippen LogP contribution in [0.15, 0.2) is 0 Å². The number of hydrogen-bond acceptors (Lipinski definition) is 3. The normalized spacial score (nSPS) is 7.20. The van der Waals surface area contributed by atoms with Gasteiger partial charge in [0.1, 0.15) is 0 Å². The number of rotatable bonds is 0. The van der Waals surface area contributed by atoms with Gasteiger partial charge in [0.05, 0.1) is 0 Å². The van der Waals surface area contributed by atoms with Crippen molar-refractivity contribution in [2.24, 2.45) is 0 Å². The monoisotopic (exact) mass is 288 g/mol. The van der Waals surface area contributed by atoms with Crippen molar-refractivity contribution in [3.05, 3.63) is 0 Å². The highest BCUT2D eigenvalue weighted by atomic mass is 32.1. The molecule has 0 amide bonds. The Morgan fingerprint density at radius 3 is 0.467 bits per heavy atom. The van der Waals surface area contributed by atoms with Gasteiger partial charge in [0.2, 0.25) is 0 Å². The molecule has 0 spiro atoms. The maximum absolute atomic E-state index is 4.45. The van der Waals surface area contributed by atoms with Crippen LogP contribution in [-0.4, -0.2) is 55.2 Å². The van der Waals surface area contributed by atoms with E-state index in [1.165, 1.54) is 0 Å². The molecule has 0 aliphatic rings. The number of hydrogen-bond donors (Lipinski definition) is 0. The van der Waals surface area contributed by atoms with E-state index in [-0.39, 0.29) is 14.1 Å². The first-order valence-corrected chi connectivity index (χ1v) is 4.33. The maximum atomic E-state index is 4.45. The van der Waals surface area contributed by atoms with Gasteiger partial charge < -0.3 is 0 Å². The number of halogens is 3. The first-order chi connectivity index (χ1) is 5.20. The van der Waals surface area contributed by atoms with Crippen LogP contribution >= 0.6 is 38.4 Å². The minimum atomic E-state index is 0. The second-order valence-corrected chi connectivity index (χ2v) is 4.63. The van der Waals surface area contributed by atoms with Crippen molar-refractivity contribution < 1.29 is 14.1 Å². The third-order valence-electron chi connectivity index (χ3n) is 0. The van der Waals surface area contributed by atoms with Crippen molar-refractivity contribution >= 4 is 38.4 Å². The van der Waals surface area contributed by atoms with Gasteiger partial charge in [-0.3, -0.25) is 14.1 Å². The van der Waals surface area contributed by atoms with Gasteiger partial charge in [-0.1, -0.05) is 0 Å². The first-order valence-electron chi connectivity index (χ1n) is 3.23. The van der Waals surface area contributed by atoms with E-state index in [4.69, 9.17) is 0 Å². The standard InChI is InChI=1S/3C2H6NS.3FH/c3*1-3(2)4;;;/h3*1-2H3;3*1H. The van der Waals surface area contributed by atoms with Crippen LogP contribution < -0.4 is 0 Å². The summed E-state index contributed by atoms with van der Waals surface area (Å²) in [6, 6.07) is 0. The lowest BCUT2D eigenvalue weighted by Gasteiger charge is -1.86. The first kappa shape index (κ1) is 36.1. The molecule has 0 rings (SSSR count). The van der Waals surface area contributed by atoms with Gasteiger partial charge in [0.25, 0.3) is 0 Å². The highest BCUT2D eigenvalue weighted by molar-refractivity contribution is 7.77. The summed E-state index contributed by atoms with van der Waals surface area (Å²) in [4.78, 5) is 0. The van der Waals surface area contributed by atoms with E-state index in [0.717, 1.165) is 0 Å². The lowest BCUT2D eigenvalue weighted by atomic mass is 11.3. The molecule has 0 aliphatic heterocycles. The molecule has 0 saturated heterocycles. The Morgan fingerprint density at radius 1 is 0.467 bits per heavy atom. The summed E-state index contributed by atoms with van der Waals surface area (Å²) >= 11 is 13.4. The summed E-state index contributed by atoms with van der Waals surface area (Å²) < 4.78 is 4.75. The highest BCUT2D eigenvalue weighted by Crippen LogP contribution is 1.70. The largest absolute Gasteiger partial charge is 0.269 e. The molecule has 0 fully saturated rings. The molecule has 0 aromatic rings. The zero-order valence-electron chi connectivity index (χ0n) is 9.79. The molecule has 0 bridgehead atoms. The van der Waals surface area contributed by atoms with Gasteiger partial charge in [-0.25, -0.2) is 12.9 Å². The molecule has 0 aliphatic carbocycles. The second-order valence-electron chi connectivity index (χ2n) is 2.44. The molecule has 0 saturated carbocycles. The molecule has 15 heavy (non-hydrogen) atoms. The SMILES string of the molecule is CN(C)[S].CN(C)[S].CN(C)[S].F.F.F. The fraction of sp³-hybridized carbons (Fsp3) is 1.00. The van der Waals surface area contributed by atoms with Crippen LogP contribution in [0.25, 0.3) is 0 Å². The van der Waals surface area contributed by atoms with Crippen molar-refractivity contribution in [1.29, 1.82) is 0 Å². The van der Waals surface area contributed by atoms with Crippen molar-refractivity contribution in [2.45, 2.75) is 0 Å². The molecule has 3 radical (unpaired) electrons. The fourth-order valence-electron chi connectivity index (χ4n) is 0. The molecule has 0 unspecified atom stereocenters. The highest BCUT2D eigenvalue weighted by Gasteiger charge is 1.62. The number of nitrogens with zero attached hydrogens (tertiary/aromatic N) is 3. The zero-order valence-corrected chi connectivity index (χ0v) is 12.2. The molecule has 0 heterocycles. The van der Waals surface area contributed by atoms with Gasteiger partial charge >= 0.3 is 0 Å². The maximum Gasteiger partial charge on any atom is 0.00782 e. The van der Waals surface area contributed by atoms with Crippen LogP contribution in [-0.2, 0) is 0 Å². The Labute approximate surface area is 108 Å². The van der Waals surface area contributed by atoms with Gasteiger partial charge in [-0.15, -0.1) is 0 Å². The van der Waals surface area contributed by atoms with Gasteiger partial charge in [0.15, 0.2) is 0 Å². The average molecular weight is 288 g/mol. The average Bonchev–Trinajstić information content (AvgIpc) is 1.54. The molecule has 9 heteroatoms. The van der Waals surface area contributed by atoms with E-state index in [1.54, 1.807) is 12.9 Å². The van der Waals surface area contributed by atoms with Gasteiger partial charge in [-0.05, 0) is 42.3 Å². The summed E-state index contributed by atoms with van der Waals surface area (Å²) in [5.41, 5.74) is 0. The van der Waals surface area contributed by atoms with Crippen molar-refractivity contribution in [1.82, 2.24) is 12.9 Å². The van der Waals surface area contributed by atoms with E-state index in [1.807, 2.05) is 42.3 Å². The Hall–Kier alpha value is 0.720. The van der Waals surface area contributed by atoms with Crippen LogP contribution in [0, 0.1) is 0 Å². The lowest BCUT2D eigenvalue weighted by Crippen LogP contribution is -1.89. The molecule has 0 N–H and O–H groups in total. The van der Waals surface area contributed by atoms with Gasteiger partial charge in [-0.2, -0.15) is 0 Å². The molecule has 0 atom stereocenters. The van der Waals surface area contributed by atoms with Crippen LogP contribution in [0.2, 0.25) is 0 Å². The molecular formula is C6H21F3N3S3. The smallest absolute Gasteiger partial charge is 0.00782 e. The van der Waals surface area contributed by atoms with Crippen LogP contribution in [0.4, 0.5) is 14.1 Å². The topological polar surface area (TPSA) is 9.72 Å². The predicted octanol–water partition coefficient (Wildman–Crippen LogP) is 2.44. The molecule has 0 aromatic heterocycles. The second kappa shape index (κ2) is 29.3. The third-order valence-corrected chi connectivity index (χ3v) is 0.